The molecule has 1 atom stereocenters. The Labute approximate surface area is 125 Å². The smallest absolute Gasteiger partial charge is 0.141 e. The summed E-state index contributed by atoms with van der Waals surface area (Å²) in [5, 5.41) is 7.98. The predicted molar refractivity (Wildman–Crippen MR) is 81.6 cm³/mol. The Hall–Kier alpha value is -1.75. The van der Waals surface area contributed by atoms with Crippen LogP contribution < -0.4 is 5.32 Å². The lowest BCUT2D eigenvalue weighted by Crippen LogP contribution is -2.24. The first kappa shape index (κ1) is 15.6. The highest BCUT2D eigenvalue weighted by Crippen LogP contribution is 2.19. The lowest BCUT2D eigenvalue weighted by atomic mass is 10.0. The fourth-order valence-electron chi connectivity index (χ4n) is 2.51. The normalized spacial score (nSPS) is 12.6. The number of hydrogen-bond donors (Lipinski definition) is 1. The molecule has 4 nitrogen and oxygen atoms in total. The monoisotopic (exact) mass is 290 g/mol. The van der Waals surface area contributed by atoms with Crippen LogP contribution in [-0.4, -0.2) is 21.3 Å². The first-order valence-corrected chi connectivity index (χ1v) is 7.57. The minimum Gasteiger partial charge on any atom is -0.310 e. The molecule has 114 valence electrons. The molecule has 1 N–H and O–H groups in total. The number of aryl methyl sites for hydroxylation is 2. The average Bonchev–Trinajstić information content (AvgIpc) is 2.89. The molecule has 0 aliphatic carbocycles. The first-order chi connectivity index (χ1) is 10.2. The third-order valence-electron chi connectivity index (χ3n) is 3.57. The number of pyridine rings is 1. The van der Waals surface area contributed by atoms with Gasteiger partial charge in [-0.1, -0.05) is 13.8 Å². The summed E-state index contributed by atoms with van der Waals surface area (Å²) in [4.78, 5) is 3.96. The van der Waals surface area contributed by atoms with Crippen molar-refractivity contribution in [3.05, 3.63) is 47.3 Å². The molecule has 0 aromatic carbocycles. The van der Waals surface area contributed by atoms with Crippen LogP contribution in [0.1, 0.15) is 43.8 Å². The molecule has 21 heavy (non-hydrogen) atoms. The van der Waals surface area contributed by atoms with E-state index in [4.69, 9.17) is 0 Å². The van der Waals surface area contributed by atoms with Crippen molar-refractivity contribution in [3.63, 3.8) is 0 Å². The minimum absolute atomic E-state index is 0.0462. The van der Waals surface area contributed by atoms with Crippen molar-refractivity contribution in [1.29, 1.82) is 0 Å². The highest BCUT2D eigenvalue weighted by atomic mass is 19.1. The third-order valence-corrected chi connectivity index (χ3v) is 3.57. The molecule has 0 aliphatic heterocycles. The van der Waals surface area contributed by atoms with Crippen molar-refractivity contribution in [2.75, 3.05) is 6.54 Å². The molecule has 2 aromatic rings. The van der Waals surface area contributed by atoms with Gasteiger partial charge in [-0.05, 0) is 37.6 Å². The van der Waals surface area contributed by atoms with E-state index < -0.39 is 0 Å². The first-order valence-electron chi connectivity index (χ1n) is 7.57. The van der Waals surface area contributed by atoms with Crippen molar-refractivity contribution in [2.24, 2.45) is 0 Å². The van der Waals surface area contributed by atoms with Crippen molar-refractivity contribution in [2.45, 2.75) is 46.2 Å². The lowest BCUT2D eigenvalue weighted by molar-refractivity contribution is 0.510. The van der Waals surface area contributed by atoms with Gasteiger partial charge in [-0.15, -0.1) is 0 Å². The van der Waals surface area contributed by atoms with Gasteiger partial charge < -0.3 is 5.32 Å². The van der Waals surface area contributed by atoms with Crippen molar-refractivity contribution < 1.29 is 4.39 Å². The Bertz CT molecular complexity index is 579. The van der Waals surface area contributed by atoms with E-state index in [0.717, 1.165) is 37.2 Å². The number of hydrogen-bond acceptors (Lipinski definition) is 3. The average molecular weight is 290 g/mol. The quantitative estimate of drug-likeness (QED) is 0.852. The van der Waals surface area contributed by atoms with Gasteiger partial charge in [0.1, 0.15) is 5.82 Å². The zero-order valence-corrected chi connectivity index (χ0v) is 12.9. The highest BCUT2D eigenvalue weighted by Gasteiger charge is 2.16. The standard InChI is InChI=1S/C16H23FN4/c1-4-14-8-15(21(6-3)20-14)9-16(19-5-2)12-7-13(17)11-18-10-12/h7-8,10-11,16,19H,4-6,9H2,1-3H3. The maximum atomic E-state index is 13.4. The second kappa shape index (κ2) is 7.31. The Balaban J connectivity index is 2.25. The second-order valence-electron chi connectivity index (χ2n) is 5.05. The van der Waals surface area contributed by atoms with Crippen LogP contribution in [0, 0.1) is 5.82 Å². The summed E-state index contributed by atoms with van der Waals surface area (Å²) in [5.74, 6) is -0.298. The zero-order valence-electron chi connectivity index (χ0n) is 12.9. The van der Waals surface area contributed by atoms with Crippen LogP contribution in [0.3, 0.4) is 0 Å². The Kier molecular flexibility index (Phi) is 5.44. The van der Waals surface area contributed by atoms with E-state index >= 15 is 0 Å². The van der Waals surface area contributed by atoms with Crippen LogP contribution >= 0.6 is 0 Å². The van der Waals surface area contributed by atoms with Crippen LogP contribution in [0.5, 0.6) is 0 Å². The van der Waals surface area contributed by atoms with Crippen LogP contribution in [0.25, 0.3) is 0 Å². The molecule has 0 aliphatic rings. The SMILES string of the molecule is CCNC(Cc1cc(CC)nn1CC)c1cncc(F)c1. The van der Waals surface area contributed by atoms with E-state index in [-0.39, 0.29) is 11.9 Å². The highest BCUT2D eigenvalue weighted by molar-refractivity contribution is 5.20. The molecule has 2 heterocycles. The maximum absolute atomic E-state index is 13.4. The Morgan fingerprint density at radius 2 is 2.05 bits per heavy atom. The van der Waals surface area contributed by atoms with Gasteiger partial charge in [0.05, 0.1) is 11.9 Å². The van der Waals surface area contributed by atoms with E-state index in [1.54, 1.807) is 12.3 Å². The number of nitrogens with zero attached hydrogens (tertiary/aromatic N) is 3. The van der Waals surface area contributed by atoms with Gasteiger partial charge in [0.2, 0.25) is 0 Å². The molecule has 0 fully saturated rings. The summed E-state index contributed by atoms with van der Waals surface area (Å²) >= 11 is 0. The fraction of sp³-hybridized carbons (Fsp3) is 0.500. The van der Waals surface area contributed by atoms with Crippen molar-refractivity contribution in [1.82, 2.24) is 20.1 Å². The van der Waals surface area contributed by atoms with E-state index in [9.17, 15) is 4.39 Å². The van der Waals surface area contributed by atoms with E-state index in [0.29, 0.717) is 0 Å². The third kappa shape index (κ3) is 3.88. The van der Waals surface area contributed by atoms with Crippen LogP contribution in [0.15, 0.2) is 24.5 Å². The van der Waals surface area contributed by atoms with Crippen LogP contribution in [0.2, 0.25) is 0 Å². The maximum Gasteiger partial charge on any atom is 0.141 e. The molecular weight excluding hydrogens is 267 g/mol. The van der Waals surface area contributed by atoms with Gasteiger partial charge in [-0.3, -0.25) is 9.67 Å². The van der Waals surface area contributed by atoms with Gasteiger partial charge in [0, 0.05) is 30.9 Å². The Morgan fingerprint density at radius 3 is 2.67 bits per heavy atom. The summed E-state index contributed by atoms with van der Waals surface area (Å²) in [7, 11) is 0. The predicted octanol–water partition coefficient (Wildman–Crippen LogP) is 2.89. The van der Waals surface area contributed by atoms with Crippen molar-refractivity contribution >= 4 is 0 Å². The summed E-state index contributed by atoms with van der Waals surface area (Å²) in [5.41, 5.74) is 3.14. The molecule has 2 rings (SSSR count). The number of likely N-dealkylation sites (N-methyl/N-ethyl adjacent to an activating group) is 1. The topological polar surface area (TPSA) is 42.7 Å². The minimum atomic E-state index is -0.298. The summed E-state index contributed by atoms with van der Waals surface area (Å²) in [6.45, 7) is 7.90. The van der Waals surface area contributed by atoms with E-state index in [1.807, 2.05) is 11.6 Å². The molecule has 0 saturated heterocycles. The number of halogens is 1. The number of aromatic nitrogens is 3. The summed E-state index contributed by atoms with van der Waals surface area (Å²) in [6, 6.07) is 3.73. The molecule has 0 bridgehead atoms. The zero-order chi connectivity index (χ0) is 15.2. The summed E-state index contributed by atoms with van der Waals surface area (Å²) < 4.78 is 15.4. The Morgan fingerprint density at radius 1 is 1.24 bits per heavy atom. The lowest BCUT2D eigenvalue weighted by Gasteiger charge is -2.18. The molecule has 0 saturated carbocycles. The molecule has 5 heteroatoms. The molecule has 2 aromatic heterocycles. The van der Waals surface area contributed by atoms with Gasteiger partial charge >= 0.3 is 0 Å². The van der Waals surface area contributed by atoms with Crippen molar-refractivity contribution in [3.8, 4) is 0 Å². The van der Waals surface area contributed by atoms with Crippen LogP contribution in [0.4, 0.5) is 4.39 Å². The molecule has 0 amide bonds. The van der Waals surface area contributed by atoms with Crippen LogP contribution in [-0.2, 0) is 19.4 Å². The number of nitrogens with one attached hydrogen (secondary N) is 1. The molecular formula is C16H23FN4. The van der Waals surface area contributed by atoms with E-state index in [2.05, 4.69) is 35.3 Å². The molecule has 0 radical (unpaired) electrons. The van der Waals surface area contributed by atoms with Gasteiger partial charge in [0.15, 0.2) is 0 Å². The summed E-state index contributed by atoms with van der Waals surface area (Å²) in [6.07, 6.45) is 4.66. The van der Waals surface area contributed by atoms with Gasteiger partial charge in [0.25, 0.3) is 0 Å². The van der Waals surface area contributed by atoms with Gasteiger partial charge in [-0.25, -0.2) is 4.39 Å². The second-order valence-corrected chi connectivity index (χ2v) is 5.05. The fourth-order valence-corrected chi connectivity index (χ4v) is 2.51. The van der Waals surface area contributed by atoms with E-state index in [1.165, 1.54) is 11.9 Å². The molecule has 0 spiro atoms. The largest absolute Gasteiger partial charge is 0.310 e. The number of rotatable bonds is 7. The van der Waals surface area contributed by atoms with Gasteiger partial charge in [-0.2, -0.15) is 5.10 Å². The molecule has 1 unspecified atom stereocenters.